The van der Waals surface area contributed by atoms with Crippen molar-refractivity contribution in [3.05, 3.63) is 18.2 Å². The molecule has 0 bridgehead atoms. The van der Waals surface area contributed by atoms with E-state index in [9.17, 15) is 0 Å². The van der Waals surface area contributed by atoms with Crippen molar-refractivity contribution in [2.75, 3.05) is 13.1 Å². The molecule has 0 spiro atoms. The van der Waals surface area contributed by atoms with Crippen LogP contribution in [0.25, 0.3) is 0 Å². The molecule has 1 fully saturated rings. The van der Waals surface area contributed by atoms with Gasteiger partial charge in [-0.3, -0.25) is 0 Å². The third-order valence-electron chi connectivity index (χ3n) is 2.70. The van der Waals surface area contributed by atoms with Gasteiger partial charge in [-0.05, 0) is 25.7 Å². The fraction of sp³-hybridized carbons (Fsp3) is 0.700. The molecule has 0 radical (unpaired) electrons. The number of rotatable bonds is 2. The van der Waals surface area contributed by atoms with Gasteiger partial charge >= 0.3 is 0 Å². The molecule has 78 valence electrons. The molecule has 1 aromatic heterocycles. The lowest BCUT2D eigenvalue weighted by molar-refractivity contribution is 0.276. The standard InChI is InChI=1S/C10H16IN3/c1-9-5-13(8-12-9)6-10-3-2-4-14(11)7-10/h5,8,10H,2-4,6-7H2,1H3/t10-/m1/s1. The lowest BCUT2D eigenvalue weighted by Gasteiger charge is -2.28. The summed E-state index contributed by atoms with van der Waals surface area (Å²) < 4.78 is 4.62. The molecule has 0 amide bonds. The van der Waals surface area contributed by atoms with Gasteiger partial charge in [-0.1, -0.05) is 0 Å². The van der Waals surface area contributed by atoms with E-state index < -0.39 is 0 Å². The van der Waals surface area contributed by atoms with Crippen LogP contribution in [-0.4, -0.2) is 25.8 Å². The van der Waals surface area contributed by atoms with Gasteiger partial charge in [0.15, 0.2) is 0 Å². The Morgan fingerprint density at radius 3 is 3.14 bits per heavy atom. The highest BCUT2D eigenvalue weighted by Gasteiger charge is 2.18. The highest BCUT2D eigenvalue weighted by molar-refractivity contribution is 14.1. The first-order chi connectivity index (χ1) is 6.74. The average molecular weight is 305 g/mol. The topological polar surface area (TPSA) is 21.1 Å². The van der Waals surface area contributed by atoms with Crippen LogP contribution >= 0.6 is 22.9 Å². The van der Waals surface area contributed by atoms with E-state index in [-0.39, 0.29) is 0 Å². The maximum Gasteiger partial charge on any atom is 0.0949 e. The number of nitrogens with zero attached hydrogens (tertiary/aromatic N) is 3. The fourth-order valence-corrected chi connectivity index (χ4v) is 2.93. The predicted molar refractivity (Wildman–Crippen MR) is 65.3 cm³/mol. The Bertz CT molecular complexity index is 297. The average Bonchev–Trinajstić information content (AvgIpc) is 2.51. The molecule has 1 atom stereocenters. The summed E-state index contributed by atoms with van der Waals surface area (Å²) in [6.07, 6.45) is 6.77. The maximum absolute atomic E-state index is 4.25. The zero-order valence-corrected chi connectivity index (χ0v) is 10.6. The number of aryl methyl sites for hydroxylation is 1. The van der Waals surface area contributed by atoms with Crippen molar-refractivity contribution in [1.82, 2.24) is 12.7 Å². The van der Waals surface area contributed by atoms with Crippen molar-refractivity contribution in [3.8, 4) is 0 Å². The van der Waals surface area contributed by atoms with Crippen LogP contribution in [0.3, 0.4) is 0 Å². The van der Waals surface area contributed by atoms with E-state index in [1.165, 1.54) is 25.9 Å². The minimum absolute atomic E-state index is 0.800. The van der Waals surface area contributed by atoms with Gasteiger partial charge in [0.25, 0.3) is 0 Å². The number of hydrogen-bond donors (Lipinski definition) is 0. The van der Waals surface area contributed by atoms with E-state index in [1.54, 1.807) is 0 Å². The van der Waals surface area contributed by atoms with Crippen LogP contribution in [0.5, 0.6) is 0 Å². The second-order valence-corrected chi connectivity index (χ2v) is 5.45. The van der Waals surface area contributed by atoms with Crippen LogP contribution in [-0.2, 0) is 6.54 Å². The van der Waals surface area contributed by atoms with Gasteiger partial charge in [-0.15, -0.1) is 0 Å². The molecule has 0 aromatic carbocycles. The summed E-state index contributed by atoms with van der Waals surface area (Å²) in [5, 5.41) is 0. The smallest absolute Gasteiger partial charge is 0.0949 e. The quantitative estimate of drug-likeness (QED) is 0.617. The summed E-state index contributed by atoms with van der Waals surface area (Å²) in [7, 11) is 0. The Balaban J connectivity index is 1.90. The van der Waals surface area contributed by atoms with E-state index in [0.717, 1.165) is 18.2 Å². The Kier molecular flexibility index (Phi) is 3.43. The number of aromatic nitrogens is 2. The van der Waals surface area contributed by atoms with E-state index in [1.807, 2.05) is 13.3 Å². The summed E-state index contributed by atoms with van der Waals surface area (Å²) in [5.74, 6) is 0.800. The normalized spacial score (nSPS) is 24.0. The Labute approximate surface area is 99.0 Å². The molecule has 1 aromatic rings. The minimum atomic E-state index is 0.800. The minimum Gasteiger partial charge on any atom is -0.337 e. The Morgan fingerprint density at radius 1 is 1.64 bits per heavy atom. The largest absolute Gasteiger partial charge is 0.337 e. The van der Waals surface area contributed by atoms with Gasteiger partial charge in [0.2, 0.25) is 0 Å². The van der Waals surface area contributed by atoms with Crippen LogP contribution in [0.4, 0.5) is 0 Å². The molecule has 1 aliphatic rings. The van der Waals surface area contributed by atoms with Gasteiger partial charge in [0.05, 0.1) is 12.0 Å². The van der Waals surface area contributed by atoms with Crippen LogP contribution in [0.1, 0.15) is 18.5 Å². The Morgan fingerprint density at radius 2 is 2.50 bits per heavy atom. The fourth-order valence-electron chi connectivity index (χ4n) is 2.03. The van der Waals surface area contributed by atoms with Crippen molar-refractivity contribution in [2.45, 2.75) is 26.3 Å². The lowest BCUT2D eigenvalue weighted by atomic mass is 10.00. The summed E-state index contributed by atoms with van der Waals surface area (Å²) in [5.41, 5.74) is 1.12. The van der Waals surface area contributed by atoms with E-state index >= 15 is 0 Å². The lowest BCUT2D eigenvalue weighted by Crippen LogP contribution is -2.30. The van der Waals surface area contributed by atoms with Gasteiger partial charge in [0.1, 0.15) is 0 Å². The summed E-state index contributed by atoms with van der Waals surface area (Å²) in [6, 6.07) is 0. The molecular weight excluding hydrogens is 289 g/mol. The highest BCUT2D eigenvalue weighted by Crippen LogP contribution is 2.20. The molecule has 4 heteroatoms. The molecule has 2 rings (SSSR count). The van der Waals surface area contributed by atoms with E-state index in [2.05, 4.69) is 41.7 Å². The molecule has 2 heterocycles. The molecule has 3 nitrogen and oxygen atoms in total. The third-order valence-corrected chi connectivity index (χ3v) is 3.58. The first kappa shape index (κ1) is 10.4. The van der Waals surface area contributed by atoms with E-state index in [4.69, 9.17) is 0 Å². The molecule has 0 N–H and O–H groups in total. The van der Waals surface area contributed by atoms with Crippen molar-refractivity contribution >= 4 is 22.9 Å². The SMILES string of the molecule is Cc1cn(C[C@H]2CCCN(I)C2)cn1. The zero-order chi connectivity index (χ0) is 9.97. The summed E-state index contributed by atoms with van der Waals surface area (Å²) >= 11 is 2.43. The number of halogens is 1. The van der Waals surface area contributed by atoms with Gasteiger partial charge < -0.3 is 4.57 Å². The molecule has 0 aliphatic carbocycles. The van der Waals surface area contributed by atoms with Gasteiger partial charge in [-0.2, -0.15) is 0 Å². The highest BCUT2D eigenvalue weighted by atomic mass is 127. The van der Waals surface area contributed by atoms with Crippen LogP contribution < -0.4 is 0 Å². The predicted octanol–water partition coefficient (Wildman–Crippen LogP) is 2.25. The molecular formula is C10H16IN3. The molecule has 1 aliphatic heterocycles. The number of imidazole rings is 1. The zero-order valence-electron chi connectivity index (χ0n) is 8.49. The van der Waals surface area contributed by atoms with Crippen molar-refractivity contribution in [1.29, 1.82) is 0 Å². The first-order valence-electron chi connectivity index (χ1n) is 5.13. The van der Waals surface area contributed by atoms with Crippen LogP contribution in [0, 0.1) is 12.8 Å². The summed E-state index contributed by atoms with van der Waals surface area (Å²) in [6.45, 7) is 5.64. The molecule has 0 saturated carbocycles. The molecule has 0 unspecified atom stereocenters. The van der Waals surface area contributed by atoms with Crippen molar-refractivity contribution in [2.24, 2.45) is 5.92 Å². The maximum atomic E-state index is 4.25. The third kappa shape index (κ3) is 2.70. The summed E-state index contributed by atoms with van der Waals surface area (Å²) in [4.78, 5) is 4.25. The van der Waals surface area contributed by atoms with E-state index in [0.29, 0.717) is 0 Å². The van der Waals surface area contributed by atoms with Crippen molar-refractivity contribution in [3.63, 3.8) is 0 Å². The van der Waals surface area contributed by atoms with Crippen LogP contribution in [0.2, 0.25) is 0 Å². The van der Waals surface area contributed by atoms with Gasteiger partial charge in [0, 0.05) is 48.7 Å². The Hall–Kier alpha value is -0.100. The molecule has 14 heavy (non-hydrogen) atoms. The van der Waals surface area contributed by atoms with Crippen LogP contribution in [0.15, 0.2) is 12.5 Å². The monoisotopic (exact) mass is 305 g/mol. The second kappa shape index (κ2) is 4.61. The number of hydrogen-bond acceptors (Lipinski definition) is 2. The second-order valence-electron chi connectivity index (χ2n) is 4.09. The van der Waals surface area contributed by atoms with Gasteiger partial charge in [-0.25, -0.2) is 8.10 Å². The first-order valence-corrected chi connectivity index (χ1v) is 6.09. The number of piperidine rings is 1. The van der Waals surface area contributed by atoms with Crippen molar-refractivity contribution < 1.29 is 0 Å². The molecule has 1 saturated heterocycles.